The molecule has 2 saturated heterocycles. The second-order valence-electron chi connectivity index (χ2n) is 5.82. The van der Waals surface area contributed by atoms with Gasteiger partial charge < -0.3 is 5.32 Å². The minimum absolute atomic E-state index is 0.855. The maximum Gasteiger partial charge on any atom is 0.0300 e. The summed E-state index contributed by atoms with van der Waals surface area (Å²) < 4.78 is 0. The van der Waals surface area contributed by atoms with Crippen molar-refractivity contribution in [2.75, 3.05) is 39.3 Å². The summed E-state index contributed by atoms with van der Waals surface area (Å²) in [6.45, 7) is 10.7. The minimum atomic E-state index is 0.855. The predicted octanol–water partition coefficient (Wildman–Crippen LogP) is 1.93. The van der Waals surface area contributed by atoms with Crippen molar-refractivity contribution in [3.63, 3.8) is 0 Å². The molecule has 0 amide bonds. The van der Waals surface area contributed by atoms with Gasteiger partial charge in [-0.15, -0.1) is 11.3 Å². The monoisotopic (exact) mass is 279 g/mol. The van der Waals surface area contributed by atoms with E-state index < -0.39 is 0 Å². The molecule has 2 aliphatic heterocycles. The number of nitrogens with one attached hydrogen (secondary N) is 1. The molecule has 2 aliphatic rings. The van der Waals surface area contributed by atoms with Crippen LogP contribution in [0.4, 0.5) is 0 Å². The van der Waals surface area contributed by atoms with Gasteiger partial charge in [-0.1, -0.05) is 0 Å². The molecule has 3 rings (SSSR count). The molecule has 1 N–H and O–H groups in total. The second-order valence-corrected chi connectivity index (χ2v) is 7.19. The SMILES string of the molecule is Cc1ccc(CNCCN2CCN3CCCC3C2)s1. The van der Waals surface area contributed by atoms with Crippen molar-refractivity contribution in [3.8, 4) is 0 Å². The first-order valence-corrected chi connectivity index (χ1v) is 8.35. The molecule has 2 fully saturated rings. The second kappa shape index (κ2) is 6.35. The van der Waals surface area contributed by atoms with Crippen LogP contribution in [0.15, 0.2) is 12.1 Å². The van der Waals surface area contributed by atoms with Crippen molar-refractivity contribution in [1.29, 1.82) is 0 Å². The topological polar surface area (TPSA) is 18.5 Å². The van der Waals surface area contributed by atoms with Crippen LogP contribution in [-0.2, 0) is 6.54 Å². The van der Waals surface area contributed by atoms with Gasteiger partial charge in [0.25, 0.3) is 0 Å². The lowest BCUT2D eigenvalue weighted by Crippen LogP contribution is -2.51. The van der Waals surface area contributed by atoms with Crippen molar-refractivity contribution < 1.29 is 0 Å². The van der Waals surface area contributed by atoms with E-state index in [0.29, 0.717) is 0 Å². The normalized spacial score (nSPS) is 24.8. The largest absolute Gasteiger partial charge is 0.311 e. The fraction of sp³-hybridized carbons (Fsp3) is 0.733. The van der Waals surface area contributed by atoms with Crippen LogP contribution in [0.25, 0.3) is 0 Å². The molecular formula is C15H25N3S. The molecular weight excluding hydrogens is 254 g/mol. The van der Waals surface area contributed by atoms with Gasteiger partial charge in [0.2, 0.25) is 0 Å². The molecule has 1 atom stereocenters. The number of hydrogen-bond acceptors (Lipinski definition) is 4. The lowest BCUT2D eigenvalue weighted by atomic mass is 10.1. The Balaban J connectivity index is 1.34. The van der Waals surface area contributed by atoms with Crippen LogP contribution in [0, 0.1) is 6.92 Å². The number of piperazine rings is 1. The Kier molecular flexibility index (Phi) is 4.53. The highest BCUT2D eigenvalue weighted by Gasteiger charge is 2.29. The number of thiophene rings is 1. The smallest absolute Gasteiger partial charge is 0.0300 e. The van der Waals surface area contributed by atoms with E-state index in [1.165, 1.54) is 55.3 Å². The quantitative estimate of drug-likeness (QED) is 0.831. The third kappa shape index (κ3) is 3.57. The highest BCUT2D eigenvalue weighted by Crippen LogP contribution is 2.21. The van der Waals surface area contributed by atoms with Crippen molar-refractivity contribution in [2.45, 2.75) is 32.4 Å². The Morgan fingerprint density at radius 2 is 2.26 bits per heavy atom. The summed E-state index contributed by atoms with van der Waals surface area (Å²) in [5.41, 5.74) is 0. The first kappa shape index (κ1) is 13.6. The van der Waals surface area contributed by atoms with Crippen LogP contribution >= 0.6 is 11.3 Å². The van der Waals surface area contributed by atoms with E-state index >= 15 is 0 Å². The lowest BCUT2D eigenvalue weighted by Gasteiger charge is -2.37. The highest BCUT2D eigenvalue weighted by atomic mass is 32.1. The number of nitrogens with zero attached hydrogens (tertiary/aromatic N) is 2. The predicted molar refractivity (Wildman–Crippen MR) is 81.8 cm³/mol. The van der Waals surface area contributed by atoms with E-state index in [1.54, 1.807) is 0 Å². The standard InChI is InChI=1S/C15H25N3S/c1-13-4-5-15(19-13)11-16-6-8-17-9-10-18-7-2-3-14(18)12-17/h4-5,14,16H,2-3,6-12H2,1H3. The summed E-state index contributed by atoms with van der Waals surface area (Å²) in [4.78, 5) is 8.18. The van der Waals surface area contributed by atoms with Gasteiger partial charge in [0.15, 0.2) is 0 Å². The fourth-order valence-corrected chi connectivity index (χ4v) is 4.15. The van der Waals surface area contributed by atoms with Crippen molar-refractivity contribution in [1.82, 2.24) is 15.1 Å². The summed E-state index contributed by atoms with van der Waals surface area (Å²) in [7, 11) is 0. The van der Waals surface area contributed by atoms with Gasteiger partial charge in [0, 0.05) is 55.1 Å². The zero-order valence-electron chi connectivity index (χ0n) is 11.9. The number of fused-ring (bicyclic) bond motifs is 1. The van der Waals surface area contributed by atoms with Gasteiger partial charge in [-0.2, -0.15) is 0 Å². The third-order valence-electron chi connectivity index (χ3n) is 4.37. The summed E-state index contributed by atoms with van der Waals surface area (Å²) in [5.74, 6) is 0. The Morgan fingerprint density at radius 1 is 1.32 bits per heavy atom. The Labute approximate surface area is 120 Å². The first-order valence-electron chi connectivity index (χ1n) is 7.54. The summed E-state index contributed by atoms with van der Waals surface area (Å²) >= 11 is 1.90. The molecule has 0 aromatic carbocycles. The van der Waals surface area contributed by atoms with Gasteiger partial charge in [-0.25, -0.2) is 0 Å². The first-order chi connectivity index (χ1) is 9.31. The highest BCUT2D eigenvalue weighted by molar-refractivity contribution is 7.11. The maximum atomic E-state index is 3.58. The van der Waals surface area contributed by atoms with Crippen LogP contribution in [0.5, 0.6) is 0 Å². The molecule has 0 radical (unpaired) electrons. The van der Waals surface area contributed by atoms with E-state index in [2.05, 4.69) is 34.2 Å². The number of hydrogen-bond donors (Lipinski definition) is 1. The van der Waals surface area contributed by atoms with Crippen molar-refractivity contribution in [3.05, 3.63) is 21.9 Å². The molecule has 1 aromatic heterocycles. The molecule has 106 valence electrons. The average Bonchev–Trinajstić information content (AvgIpc) is 3.03. The molecule has 0 aliphatic carbocycles. The fourth-order valence-electron chi connectivity index (χ4n) is 3.29. The number of rotatable bonds is 5. The maximum absolute atomic E-state index is 3.58. The zero-order chi connectivity index (χ0) is 13.1. The molecule has 4 heteroatoms. The van der Waals surface area contributed by atoms with Gasteiger partial charge in [0.1, 0.15) is 0 Å². The molecule has 1 aromatic rings. The zero-order valence-corrected chi connectivity index (χ0v) is 12.7. The Hall–Kier alpha value is -0.420. The van der Waals surface area contributed by atoms with Gasteiger partial charge in [0.05, 0.1) is 0 Å². The Bertz CT molecular complexity index is 404. The number of aryl methyl sites for hydroxylation is 1. The van der Waals surface area contributed by atoms with Crippen LogP contribution in [0.1, 0.15) is 22.6 Å². The Morgan fingerprint density at radius 3 is 3.11 bits per heavy atom. The molecule has 1 unspecified atom stereocenters. The van der Waals surface area contributed by atoms with Gasteiger partial charge in [-0.05, 0) is 38.4 Å². The molecule has 3 heterocycles. The van der Waals surface area contributed by atoms with Gasteiger partial charge in [-0.3, -0.25) is 9.80 Å². The van der Waals surface area contributed by atoms with E-state index in [0.717, 1.165) is 19.1 Å². The van der Waals surface area contributed by atoms with Crippen LogP contribution in [0.3, 0.4) is 0 Å². The van der Waals surface area contributed by atoms with Crippen molar-refractivity contribution >= 4 is 11.3 Å². The summed E-state index contributed by atoms with van der Waals surface area (Å²) in [5, 5.41) is 3.58. The summed E-state index contributed by atoms with van der Waals surface area (Å²) in [6, 6.07) is 5.30. The molecule has 0 saturated carbocycles. The van der Waals surface area contributed by atoms with Crippen LogP contribution in [0.2, 0.25) is 0 Å². The third-order valence-corrected chi connectivity index (χ3v) is 5.37. The van der Waals surface area contributed by atoms with E-state index in [9.17, 15) is 0 Å². The molecule has 0 spiro atoms. The van der Waals surface area contributed by atoms with E-state index in [1.807, 2.05) is 11.3 Å². The van der Waals surface area contributed by atoms with E-state index in [-0.39, 0.29) is 0 Å². The lowest BCUT2D eigenvalue weighted by molar-refractivity contribution is 0.105. The van der Waals surface area contributed by atoms with Crippen molar-refractivity contribution in [2.24, 2.45) is 0 Å². The van der Waals surface area contributed by atoms with E-state index in [4.69, 9.17) is 0 Å². The molecule has 3 nitrogen and oxygen atoms in total. The van der Waals surface area contributed by atoms with Gasteiger partial charge >= 0.3 is 0 Å². The minimum Gasteiger partial charge on any atom is -0.311 e. The van der Waals surface area contributed by atoms with Crippen LogP contribution in [-0.4, -0.2) is 55.1 Å². The molecule has 0 bridgehead atoms. The average molecular weight is 279 g/mol. The molecule has 19 heavy (non-hydrogen) atoms. The summed E-state index contributed by atoms with van der Waals surface area (Å²) in [6.07, 6.45) is 2.83. The van der Waals surface area contributed by atoms with Crippen LogP contribution < -0.4 is 5.32 Å².